The summed E-state index contributed by atoms with van der Waals surface area (Å²) in [5, 5.41) is 8.07. The van der Waals surface area contributed by atoms with Crippen LogP contribution >= 0.6 is 0 Å². The summed E-state index contributed by atoms with van der Waals surface area (Å²) < 4.78 is 37.3. The Balaban J connectivity index is 1.95. The highest BCUT2D eigenvalue weighted by molar-refractivity contribution is 6.04. The van der Waals surface area contributed by atoms with Gasteiger partial charge in [0.2, 0.25) is 0 Å². The molecule has 3 aromatic heterocycles. The second-order valence-corrected chi connectivity index (χ2v) is 7.75. The van der Waals surface area contributed by atoms with Gasteiger partial charge in [0.25, 0.3) is 0 Å². The maximum absolute atomic E-state index is 12.7. The second kappa shape index (κ2) is 8.32. The molecule has 3 heterocycles. The highest BCUT2D eigenvalue weighted by Gasteiger charge is 2.21. The van der Waals surface area contributed by atoms with Crippen LogP contribution in [0.5, 0.6) is 0 Å². The van der Waals surface area contributed by atoms with Crippen LogP contribution in [-0.4, -0.2) is 40.0 Å². The summed E-state index contributed by atoms with van der Waals surface area (Å²) in [6.07, 6.45) is 1.72. The third-order valence-corrected chi connectivity index (χ3v) is 5.48. The predicted molar refractivity (Wildman–Crippen MR) is 114 cm³/mol. The fourth-order valence-corrected chi connectivity index (χ4v) is 4.16. The highest BCUT2D eigenvalue weighted by atomic mass is 19.3. The molecule has 0 saturated carbocycles. The van der Waals surface area contributed by atoms with Crippen molar-refractivity contribution in [3.05, 3.63) is 41.2 Å². The van der Waals surface area contributed by atoms with E-state index in [-0.39, 0.29) is 12.6 Å². The van der Waals surface area contributed by atoms with Crippen LogP contribution in [-0.2, 0) is 11.3 Å². The normalized spacial score (nSPS) is 13.0. The van der Waals surface area contributed by atoms with Crippen LogP contribution in [0.3, 0.4) is 0 Å². The number of nitrogens with zero attached hydrogens (tertiary/aromatic N) is 4. The van der Waals surface area contributed by atoms with Crippen LogP contribution < -0.4 is 5.32 Å². The predicted octanol–water partition coefficient (Wildman–Crippen LogP) is 4.68. The van der Waals surface area contributed by atoms with Gasteiger partial charge in [0.15, 0.2) is 0 Å². The molecule has 31 heavy (non-hydrogen) atoms. The smallest absolute Gasteiger partial charge is 0.345 e. The van der Waals surface area contributed by atoms with Gasteiger partial charge in [-0.1, -0.05) is 5.16 Å². The summed E-state index contributed by atoms with van der Waals surface area (Å²) >= 11 is 0. The Labute approximate surface area is 178 Å². The van der Waals surface area contributed by atoms with E-state index < -0.39 is 6.61 Å². The first kappa shape index (κ1) is 21.3. The van der Waals surface area contributed by atoms with Gasteiger partial charge in [0.05, 0.1) is 42.1 Å². The molecule has 0 bridgehead atoms. The molecule has 0 aliphatic carbocycles. The number of rotatable bonds is 7. The van der Waals surface area contributed by atoms with Crippen LogP contribution in [0.1, 0.15) is 35.8 Å². The molecule has 7 nitrogen and oxygen atoms in total. The van der Waals surface area contributed by atoms with Crippen LogP contribution in [0.4, 0.5) is 8.78 Å². The van der Waals surface area contributed by atoms with E-state index in [1.165, 1.54) is 0 Å². The lowest BCUT2D eigenvalue weighted by atomic mass is 9.96. The van der Waals surface area contributed by atoms with E-state index >= 15 is 0 Å². The third-order valence-electron chi connectivity index (χ3n) is 5.48. The van der Waals surface area contributed by atoms with Crippen molar-refractivity contribution in [2.24, 2.45) is 0 Å². The second-order valence-electron chi connectivity index (χ2n) is 7.75. The van der Waals surface area contributed by atoms with Crippen molar-refractivity contribution in [2.75, 3.05) is 13.7 Å². The van der Waals surface area contributed by atoms with Gasteiger partial charge in [-0.15, -0.1) is 0 Å². The number of alkyl halides is 2. The van der Waals surface area contributed by atoms with Crippen molar-refractivity contribution in [3.8, 4) is 11.1 Å². The standard InChI is InChI=1S/C22H25F2N5O2/c1-11-6-16-17(7-15(11)20-13(3)28-31-14(20)4)26-8-18-21(16)29(19(27-18)9-25-5)12(2)10-30-22(23)24/h6-8,12,22,25H,9-10H2,1-5H3/t12-/m1/s1. The summed E-state index contributed by atoms with van der Waals surface area (Å²) in [6.45, 7) is 5.22. The number of halogens is 2. The van der Waals surface area contributed by atoms with Gasteiger partial charge in [0.1, 0.15) is 17.1 Å². The average molecular weight is 429 g/mol. The zero-order chi connectivity index (χ0) is 22.3. The number of hydrogen-bond donors (Lipinski definition) is 1. The summed E-state index contributed by atoms with van der Waals surface area (Å²) in [5.74, 6) is 1.49. The van der Waals surface area contributed by atoms with Gasteiger partial charge in [0, 0.05) is 10.9 Å². The molecule has 0 saturated heterocycles. The van der Waals surface area contributed by atoms with Crippen molar-refractivity contribution in [3.63, 3.8) is 0 Å². The van der Waals surface area contributed by atoms with Gasteiger partial charge < -0.3 is 19.1 Å². The van der Waals surface area contributed by atoms with E-state index in [0.29, 0.717) is 12.1 Å². The molecule has 0 aliphatic rings. The first-order valence-electron chi connectivity index (χ1n) is 10.1. The van der Waals surface area contributed by atoms with E-state index in [2.05, 4.69) is 26.3 Å². The number of aromatic nitrogens is 4. The quantitative estimate of drug-likeness (QED) is 0.459. The van der Waals surface area contributed by atoms with Crippen molar-refractivity contribution in [1.29, 1.82) is 0 Å². The van der Waals surface area contributed by atoms with Gasteiger partial charge in [-0.25, -0.2) is 4.98 Å². The first-order valence-corrected chi connectivity index (χ1v) is 10.1. The number of ether oxygens (including phenoxy) is 1. The minimum absolute atomic E-state index is 0.125. The van der Waals surface area contributed by atoms with E-state index in [1.54, 1.807) is 6.20 Å². The number of aryl methyl sites for hydroxylation is 3. The van der Waals surface area contributed by atoms with Gasteiger partial charge in [-0.3, -0.25) is 4.98 Å². The molecule has 0 fully saturated rings. The Kier molecular flexibility index (Phi) is 5.72. The lowest BCUT2D eigenvalue weighted by molar-refractivity contribution is -0.135. The topological polar surface area (TPSA) is 78.0 Å². The molecule has 1 atom stereocenters. The lowest BCUT2D eigenvalue weighted by Crippen LogP contribution is -2.19. The third kappa shape index (κ3) is 3.79. The molecule has 0 unspecified atom stereocenters. The van der Waals surface area contributed by atoms with E-state index in [1.807, 2.05) is 45.4 Å². The summed E-state index contributed by atoms with van der Waals surface area (Å²) in [6, 6.07) is 3.75. The monoisotopic (exact) mass is 429 g/mol. The lowest BCUT2D eigenvalue weighted by Gasteiger charge is -2.18. The maximum Gasteiger partial charge on any atom is 0.345 e. The SMILES string of the molecule is CNCc1nc2cnc3cc(-c4c(C)noc4C)c(C)cc3c2n1[C@H](C)COC(F)F. The van der Waals surface area contributed by atoms with E-state index in [9.17, 15) is 8.78 Å². The minimum atomic E-state index is -2.82. The van der Waals surface area contributed by atoms with Crippen LogP contribution in [0.15, 0.2) is 22.9 Å². The average Bonchev–Trinajstić information content (AvgIpc) is 3.25. The van der Waals surface area contributed by atoms with E-state index in [0.717, 1.165) is 50.4 Å². The van der Waals surface area contributed by atoms with Crippen molar-refractivity contribution >= 4 is 21.9 Å². The Hall–Kier alpha value is -2.91. The Bertz CT molecular complexity index is 1230. The first-order chi connectivity index (χ1) is 14.8. The van der Waals surface area contributed by atoms with Gasteiger partial charge >= 0.3 is 6.61 Å². The Morgan fingerprint density at radius 3 is 2.61 bits per heavy atom. The molecule has 0 aliphatic heterocycles. The number of hydrogen-bond acceptors (Lipinski definition) is 6. The van der Waals surface area contributed by atoms with E-state index in [4.69, 9.17) is 9.51 Å². The fraction of sp³-hybridized carbons (Fsp3) is 0.409. The van der Waals surface area contributed by atoms with Crippen molar-refractivity contribution < 1.29 is 18.0 Å². The zero-order valence-electron chi connectivity index (χ0n) is 18.2. The van der Waals surface area contributed by atoms with Crippen molar-refractivity contribution in [2.45, 2.75) is 46.9 Å². The highest BCUT2D eigenvalue weighted by Crippen LogP contribution is 2.35. The fourth-order valence-electron chi connectivity index (χ4n) is 4.16. The molecule has 0 amide bonds. The Morgan fingerprint density at radius 2 is 1.97 bits per heavy atom. The van der Waals surface area contributed by atoms with Crippen LogP contribution in [0.25, 0.3) is 33.1 Å². The summed E-state index contributed by atoms with van der Waals surface area (Å²) in [7, 11) is 1.82. The van der Waals surface area contributed by atoms with Crippen LogP contribution in [0, 0.1) is 20.8 Å². The summed E-state index contributed by atoms with van der Waals surface area (Å²) in [4.78, 5) is 9.33. The molecule has 1 aromatic carbocycles. The van der Waals surface area contributed by atoms with Gasteiger partial charge in [-0.2, -0.15) is 8.78 Å². The molecular formula is C22H25F2N5O2. The molecule has 9 heteroatoms. The zero-order valence-corrected chi connectivity index (χ0v) is 18.2. The van der Waals surface area contributed by atoms with Crippen molar-refractivity contribution in [1.82, 2.24) is 25.0 Å². The number of pyridine rings is 1. The molecule has 4 rings (SSSR count). The summed E-state index contributed by atoms with van der Waals surface area (Å²) in [5.41, 5.74) is 6.18. The number of imidazole rings is 1. The molecule has 164 valence electrons. The molecule has 0 radical (unpaired) electrons. The molecule has 0 spiro atoms. The minimum Gasteiger partial charge on any atom is -0.361 e. The van der Waals surface area contributed by atoms with Crippen LogP contribution in [0.2, 0.25) is 0 Å². The number of benzene rings is 1. The van der Waals surface area contributed by atoms with Gasteiger partial charge in [-0.05, 0) is 58.0 Å². The maximum atomic E-state index is 12.7. The number of fused-ring (bicyclic) bond motifs is 3. The molecule has 4 aromatic rings. The number of nitrogens with one attached hydrogen (secondary N) is 1. The molecular weight excluding hydrogens is 404 g/mol. The Morgan fingerprint density at radius 1 is 1.19 bits per heavy atom. The largest absolute Gasteiger partial charge is 0.361 e. The molecule has 1 N–H and O–H groups in total.